The summed E-state index contributed by atoms with van der Waals surface area (Å²) in [6.07, 6.45) is 4.23. The van der Waals surface area contributed by atoms with Crippen LogP contribution in [0.1, 0.15) is 97.7 Å². The fourth-order valence-corrected chi connectivity index (χ4v) is 3.73. The van der Waals surface area contributed by atoms with Crippen LogP contribution in [0, 0.1) is 6.92 Å². The number of benzene rings is 1. The van der Waals surface area contributed by atoms with Gasteiger partial charge in [-0.1, -0.05) is 38.7 Å². The monoisotopic (exact) mass is 491 g/mol. The summed E-state index contributed by atoms with van der Waals surface area (Å²) < 4.78 is 5.31. The Balaban J connectivity index is 3.31. The molecule has 1 rings (SSSR count). The van der Waals surface area contributed by atoms with Crippen LogP contribution in [-0.4, -0.2) is 52.1 Å². The molecule has 2 atom stereocenters. The third-order valence-electron chi connectivity index (χ3n) is 5.42. The number of nitrogens with one attached hydrogen (secondary N) is 2. The lowest BCUT2D eigenvalue weighted by molar-refractivity contribution is -0.142. The van der Waals surface area contributed by atoms with Gasteiger partial charge in [-0.3, -0.25) is 9.59 Å². The summed E-state index contributed by atoms with van der Waals surface area (Å²) in [5.41, 5.74) is 0.514. The zero-order chi connectivity index (χ0) is 26.8. The number of hydrogen-bond donors (Lipinski definition) is 3. The number of rotatable bonds is 12. The van der Waals surface area contributed by atoms with Crippen LogP contribution < -0.4 is 10.6 Å². The fraction of sp³-hybridized carbons (Fsp3) is 0.667. The first kappa shape index (κ1) is 30.3. The van der Waals surface area contributed by atoms with Crippen LogP contribution in [0.4, 0.5) is 4.79 Å². The number of ether oxygens (including phenoxy) is 1. The van der Waals surface area contributed by atoms with E-state index >= 15 is 0 Å². The van der Waals surface area contributed by atoms with Crippen LogP contribution in [0.5, 0.6) is 5.75 Å². The second-order valence-corrected chi connectivity index (χ2v) is 10.4. The summed E-state index contributed by atoms with van der Waals surface area (Å²) in [5, 5.41) is 15.6. The number of hydrogen-bond acceptors (Lipinski definition) is 5. The Morgan fingerprint density at radius 1 is 1.03 bits per heavy atom. The summed E-state index contributed by atoms with van der Waals surface area (Å²) in [6, 6.07) is 3.00. The Morgan fingerprint density at radius 3 is 2.20 bits per heavy atom. The van der Waals surface area contributed by atoms with Crippen molar-refractivity contribution in [2.75, 3.05) is 6.54 Å². The van der Waals surface area contributed by atoms with Crippen LogP contribution >= 0.6 is 0 Å². The fourth-order valence-electron chi connectivity index (χ4n) is 3.73. The maximum absolute atomic E-state index is 13.6. The largest absolute Gasteiger partial charge is 0.508 e. The minimum atomic E-state index is -0.904. The molecule has 198 valence electrons. The summed E-state index contributed by atoms with van der Waals surface area (Å²) >= 11 is 0. The standard InChI is InChI=1S/C27H45N3O5/c1-9-10-11-12-13-16-30(25(33)20(5)29-26(34)35-27(6,7)8)23(24(32)28-18(2)3)21-14-15-22(31)19(4)17-21/h14-15,17-18,20,23,31H,9-13,16H2,1-8H3,(H,28,32)(H,29,34). The lowest BCUT2D eigenvalue weighted by atomic mass is 9.99. The molecule has 0 aliphatic carbocycles. The number of aryl methyl sites for hydroxylation is 1. The highest BCUT2D eigenvalue weighted by Gasteiger charge is 2.34. The van der Waals surface area contributed by atoms with Crippen LogP contribution in [0.15, 0.2) is 18.2 Å². The molecule has 3 amide bonds. The van der Waals surface area contributed by atoms with E-state index in [9.17, 15) is 19.5 Å². The van der Waals surface area contributed by atoms with Crippen molar-refractivity contribution in [2.45, 2.75) is 111 Å². The van der Waals surface area contributed by atoms with Crippen LogP contribution in [0.3, 0.4) is 0 Å². The first-order valence-corrected chi connectivity index (χ1v) is 12.7. The number of carbonyl (C=O) groups is 3. The molecule has 0 aliphatic rings. The summed E-state index contributed by atoms with van der Waals surface area (Å²) in [4.78, 5) is 40.9. The van der Waals surface area contributed by atoms with Gasteiger partial charge in [-0.15, -0.1) is 0 Å². The van der Waals surface area contributed by atoms with Gasteiger partial charge in [-0.25, -0.2) is 4.79 Å². The predicted molar refractivity (Wildman–Crippen MR) is 138 cm³/mol. The molecule has 0 spiro atoms. The van der Waals surface area contributed by atoms with Gasteiger partial charge in [0.2, 0.25) is 11.8 Å². The zero-order valence-electron chi connectivity index (χ0n) is 22.7. The highest BCUT2D eigenvalue weighted by atomic mass is 16.6. The molecule has 0 radical (unpaired) electrons. The number of carbonyl (C=O) groups excluding carboxylic acids is 3. The van der Waals surface area contributed by atoms with Crippen molar-refractivity contribution in [3.8, 4) is 5.75 Å². The number of amides is 3. The molecule has 0 aliphatic heterocycles. The first-order chi connectivity index (χ1) is 16.3. The second kappa shape index (κ2) is 14.0. The van der Waals surface area contributed by atoms with Crippen molar-refractivity contribution in [3.05, 3.63) is 29.3 Å². The quantitative estimate of drug-likeness (QED) is 0.358. The third kappa shape index (κ3) is 10.6. The van der Waals surface area contributed by atoms with Crippen molar-refractivity contribution >= 4 is 17.9 Å². The minimum absolute atomic E-state index is 0.120. The van der Waals surface area contributed by atoms with Gasteiger partial charge in [-0.05, 0) is 78.1 Å². The van der Waals surface area contributed by atoms with E-state index in [-0.39, 0.29) is 23.6 Å². The van der Waals surface area contributed by atoms with Gasteiger partial charge in [0.25, 0.3) is 0 Å². The topological polar surface area (TPSA) is 108 Å². The van der Waals surface area contributed by atoms with E-state index in [1.807, 2.05) is 13.8 Å². The predicted octanol–water partition coefficient (Wildman–Crippen LogP) is 4.98. The molecule has 0 fully saturated rings. The number of phenols is 1. The molecule has 3 N–H and O–H groups in total. The molecule has 2 unspecified atom stereocenters. The van der Waals surface area contributed by atoms with Gasteiger partial charge >= 0.3 is 6.09 Å². The average Bonchev–Trinajstić information content (AvgIpc) is 2.72. The van der Waals surface area contributed by atoms with Gasteiger partial charge in [0.1, 0.15) is 23.4 Å². The minimum Gasteiger partial charge on any atom is -0.508 e. The number of nitrogens with zero attached hydrogens (tertiary/aromatic N) is 1. The lowest BCUT2D eigenvalue weighted by Gasteiger charge is -2.34. The van der Waals surface area contributed by atoms with Gasteiger partial charge in [0.15, 0.2) is 0 Å². The molecule has 0 saturated carbocycles. The Bertz CT molecular complexity index is 848. The van der Waals surface area contributed by atoms with Crippen LogP contribution in [0.2, 0.25) is 0 Å². The highest BCUT2D eigenvalue weighted by Crippen LogP contribution is 2.27. The van der Waals surface area contributed by atoms with Crippen molar-refractivity contribution < 1.29 is 24.2 Å². The Labute approximate surface area is 210 Å². The summed E-state index contributed by atoms with van der Waals surface area (Å²) in [7, 11) is 0. The molecule has 8 heteroatoms. The maximum Gasteiger partial charge on any atom is 0.408 e. The molecule has 0 heterocycles. The molecule has 1 aromatic carbocycles. The lowest BCUT2D eigenvalue weighted by Crippen LogP contribution is -2.52. The smallest absolute Gasteiger partial charge is 0.408 e. The summed E-state index contributed by atoms with van der Waals surface area (Å²) in [6.45, 7) is 14.8. The molecule has 35 heavy (non-hydrogen) atoms. The van der Waals surface area contributed by atoms with E-state index in [2.05, 4.69) is 17.6 Å². The number of alkyl carbamates (subject to hydrolysis) is 1. The van der Waals surface area contributed by atoms with E-state index in [0.29, 0.717) is 17.7 Å². The normalized spacial score (nSPS) is 13.2. The third-order valence-corrected chi connectivity index (χ3v) is 5.42. The van der Waals surface area contributed by atoms with Crippen LogP contribution in [-0.2, 0) is 14.3 Å². The Hall–Kier alpha value is -2.77. The van der Waals surface area contributed by atoms with E-state index in [0.717, 1.165) is 32.1 Å². The molecule has 0 saturated heterocycles. The van der Waals surface area contributed by atoms with Gasteiger partial charge < -0.3 is 25.4 Å². The average molecular weight is 492 g/mol. The molecule has 0 aromatic heterocycles. The van der Waals surface area contributed by atoms with Crippen molar-refractivity contribution in [2.24, 2.45) is 0 Å². The number of unbranched alkanes of at least 4 members (excludes halogenated alkanes) is 4. The maximum atomic E-state index is 13.6. The summed E-state index contributed by atoms with van der Waals surface area (Å²) in [5.74, 6) is -0.563. The molecule has 0 bridgehead atoms. The van der Waals surface area contributed by atoms with E-state index in [4.69, 9.17) is 4.74 Å². The molecule has 8 nitrogen and oxygen atoms in total. The molecule has 1 aromatic rings. The highest BCUT2D eigenvalue weighted by molar-refractivity contribution is 5.92. The van der Waals surface area contributed by atoms with Crippen LogP contribution in [0.25, 0.3) is 0 Å². The van der Waals surface area contributed by atoms with E-state index < -0.39 is 23.8 Å². The van der Waals surface area contributed by atoms with Crippen molar-refractivity contribution in [3.63, 3.8) is 0 Å². The van der Waals surface area contributed by atoms with Crippen molar-refractivity contribution in [1.82, 2.24) is 15.5 Å². The van der Waals surface area contributed by atoms with Gasteiger partial charge in [0, 0.05) is 12.6 Å². The zero-order valence-corrected chi connectivity index (χ0v) is 22.7. The second-order valence-electron chi connectivity index (χ2n) is 10.4. The van der Waals surface area contributed by atoms with Crippen molar-refractivity contribution in [1.29, 1.82) is 0 Å². The van der Waals surface area contributed by atoms with Gasteiger partial charge in [0.05, 0.1) is 0 Å². The Morgan fingerprint density at radius 2 is 1.66 bits per heavy atom. The van der Waals surface area contributed by atoms with Gasteiger partial charge in [-0.2, -0.15) is 0 Å². The van der Waals surface area contributed by atoms with E-state index in [1.165, 1.54) is 11.0 Å². The Kier molecular flexibility index (Phi) is 12.1. The molecular weight excluding hydrogens is 446 g/mol. The SMILES string of the molecule is CCCCCCCN(C(=O)C(C)NC(=O)OC(C)(C)C)C(C(=O)NC(C)C)c1ccc(O)c(C)c1. The number of aromatic hydroxyl groups is 1. The number of phenolic OH excluding ortho intramolecular Hbond substituents is 1. The van der Waals surface area contributed by atoms with E-state index in [1.54, 1.807) is 46.8 Å². The molecular formula is C27H45N3O5. The first-order valence-electron chi connectivity index (χ1n) is 12.7.